The van der Waals surface area contributed by atoms with Crippen LogP contribution >= 0.6 is 0 Å². The quantitative estimate of drug-likeness (QED) is 0.781. The van der Waals surface area contributed by atoms with Crippen LogP contribution in [0.25, 0.3) is 0 Å². The van der Waals surface area contributed by atoms with E-state index in [2.05, 4.69) is 0 Å². The van der Waals surface area contributed by atoms with E-state index in [1.165, 1.54) is 17.0 Å². The van der Waals surface area contributed by atoms with Crippen molar-refractivity contribution in [1.29, 1.82) is 0 Å². The third kappa shape index (κ3) is 3.78. The molecule has 0 aromatic carbocycles. The molecular formula is C11H15F2NO4. The molecule has 0 saturated carbocycles. The van der Waals surface area contributed by atoms with Gasteiger partial charge in [-0.1, -0.05) is 0 Å². The number of furan rings is 1. The standard InChI is InChI=1S/C11H15F2NO4/c1-7(14(4-5-15)6-10(12)13)8-2-3-9(18-8)11(16)17/h2-3,7,10,15H,4-6H2,1H3,(H,16,17). The summed E-state index contributed by atoms with van der Waals surface area (Å²) in [6.45, 7) is 0.908. The lowest BCUT2D eigenvalue weighted by Crippen LogP contribution is -2.33. The molecule has 7 heteroatoms. The number of rotatable bonds is 7. The summed E-state index contributed by atoms with van der Waals surface area (Å²) in [4.78, 5) is 12.0. The highest BCUT2D eigenvalue weighted by Crippen LogP contribution is 2.23. The second-order valence-corrected chi connectivity index (χ2v) is 3.79. The molecule has 2 N–H and O–H groups in total. The molecule has 1 rings (SSSR count). The zero-order chi connectivity index (χ0) is 13.7. The Hall–Kier alpha value is -1.47. The molecule has 102 valence electrons. The predicted octanol–water partition coefficient (Wildman–Crippen LogP) is 1.60. The third-order valence-electron chi connectivity index (χ3n) is 2.56. The molecule has 0 aliphatic rings. The summed E-state index contributed by atoms with van der Waals surface area (Å²) >= 11 is 0. The number of halogens is 2. The number of hydrogen-bond acceptors (Lipinski definition) is 4. The molecule has 0 bridgehead atoms. The molecule has 1 atom stereocenters. The van der Waals surface area contributed by atoms with Crippen molar-refractivity contribution in [3.63, 3.8) is 0 Å². The Kier molecular flexibility index (Phi) is 5.24. The molecule has 1 aromatic rings. The first-order valence-electron chi connectivity index (χ1n) is 5.41. The third-order valence-corrected chi connectivity index (χ3v) is 2.56. The van der Waals surface area contributed by atoms with Gasteiger partial charge in [0.05, 0.1) is 19.2 Å². The lowest BCUT2D eigenvalue weighted by Gasteiger charge is -2.26. The Morgan fingerprint density at radius 2 is 2.17 bits per heavy atom. The van der Waals surface area contributed by atoms with Gasteiger partial charge in [0.2, 0.25) is 5.76 Å². The number of carbonyl (C=O) groups is 1. The Morgan fingerprint density at radius 3 is 2.61 bits per heavy atom. The Bertz CT molecular complexity index is 394. The molecule has 1 heterocycles. The predicted molar refractivity (Wildman–Crippen MR) is 58.7 cm³/mol. The van der Waals surface area contributed by atoms with E-state index in [4.69, 9.17) is 14.6 Å². The summed E-state index contributed by atoms with van der Waals surface area (Å²) < 4.78 is 29.8. The Balaban J connectivity index is 2.79. The van der Waals surface area contributed by atoms with Crippen molar-refractivity contribution in [2.24, 2.45) is 0 Å². The summed E-state index contributed by atoms with van der Waals surface area (Å²) in [5.74, 6) is -1.17. The van der Waals surface area contributed by atoms with Crippen molar-refractivity contribution in [2.45, 2.75) is 19.4 Å². The largest absolute Gasteiger partial charge is 0.475 e. The summed E-state index contributed by atoms with van der Waals surface area (Å²) in [7, 11) is 0. The first-order chi connectivity index (χ1) is 8.45. The lowest BCUT2D eigenvalue weighted by atomic mass is 10.2. The first-order valence-corrected chi connectivity index (χ1v) is 5.41. The lowest BCUT2D eigenvalue weighted by molar-refractivity contribution is 0.0511. The summed E-state index contributed by atoms with van der Waals surface area (Å²) in [5, 5.41) is 17.5. The molecule has 0 saturated heterocycles. The second kappa shape index (κ2) is 6.46. The van der Waals surface area contributed by atoms with E-state index in [1.807, 2.05) is 0 Å². The van der Waals surface area contributed by atoms with Crippen LogP contribution in [0.2, 0.25) is 0 Å². The zero-order valence-corrected chi connectivity index (χ0v) is 9.84. The smallest absolute Gasteiger partial charge is 0.371 e. The van der Waals surface area contributed by atoms with Crippen molar-refractivity contribution in [3.8, 4) is 0 Å². The van der Waals surface area contributed by atoms with Gasteiger partial charge in [-0.15, -0.1) is 0 Å². The summed E-state index contributed by atoms with van der Waals surface area (Å²) in [6.07, 6.45) is -2.53. The minimum Gasteiger partial charge on any atom is -0.475 e. The molecule has 0 aliphatic carbocycles. The van der Waals surface area contributed by atoms with E-state index < -0.39 is 25.0 Å². The highest BCUT2D eigenvalue weighted by molar-refractivity contribution is 5.84. The van der Waals surface area contributed by atoms with Gasteiger partial charge < -0.3 is 14.6 Å². The van der Waals surface area contributed by atoms with Gasteiger partial charge in [-0.25, -0.2) is 13.6 Å². The number of nitrogens with zero attached hydrogens (tertiary/aromatic N) is 1. The van der Waals surface area contributed by atoms with Gasteiger partial charge in [0.25, 0.3) is 6.43 Å². The molecule has 1 aromatic heterocycles. The van der Waals surface area contributed by atoms with Gasteiger partial charge in [-0.3, -0.25) is 4.90 Å². The van der Waals surface area contributed by atoms with E-state index in [9.17, 15) is 13.6 Å². The molecule has 0 aliphatic heterocycles. The van der Waals surface area contributed by atoms with Gasteiger partial charge in [0.15, 0.2) is 0 Å². The maximum Gasteiger partial charge on any atom is 0.371 e. The minimum atomic E-state index is -2.53. The van der Waals surface area contributed by atoms with Crippen LogP contribution in [-0.4, -0.2) is 47.2 Å². The van der Waals surface area contributed by atoms with Crippen molar-refractivity contribution in [3.05, 3.63) is 23.7 Å². The van der Waals surface area contributed by atoms with Crippen LogP contribution in [-0.2, 0) is 0 Å². The van der Waals surface area contributed by atoms with Gasteiger partial charge in [-0.05, 0) is 19.1 Å². The number of aromatic carboxylic acids is 1. The molecule has 0 radical (unpaired) electrons. The van der Waals surface area contributed by atoms with E-state index in [0.717, 1.165) is 0 Å². The highest BCUT2D eigenvalue weighted by Gasteiger charge is 2.22. The van der Waals surface area contributed by atoms with Crippen LogP contribution in [0.15, 0.2) is 16.5 Å². The van der Waals surface area contributed by atoms with Crippen LogP contribution in [0.4, 0.5) is 8.78 Å². The monoisotopic (exact) mass is 263 g/mol. The number of aliphatic hydroxyl groups excluding tert-OH is 1. The van der Waals surface area contributed by atoms with Crippen molar-refractivity contribution >= 4 is 5.97 Å². The van der Waals surface area contributed by atoms with Gasteiger partial charge in [0.1, 0.15) is 5.76 Å². The molecule has 0 amide bonds. The van der Waals surface area contributed by atoms with E-state index in [1.54, 1.807) is 6.92 Å². The van der Waals surface area contributed by atoms with E-state index in [-0.39, 0.29) is 24.7 Å². The van der Waals surface area contributed by atoms with E-state index >= 15 is 0 Å². The van der Waals surface area contributed by atoms with Crippen molar-refractivity contribution in [2.75, 3.05) is 19.7 Å². The Labute approximate surface area is 103 Å². The number of aliphatic hydroxyl groups is 1. The van der Waals surface area contributed by atoms with Crippen molar-refractivity contribution < 1.29 is 28.2 Å². The first kappa shape index (κ1) is 14.6. The Morgan fingerprint density at radius 1 is 1.50 bits per heavy atom. The molecule has 0 spiro atoms. The summed E-state index contributed by atoms with van der Waals surface area (Å²) in [5.41, 5.74) is 0. The summed E-state index contributed by atoms with van der Waals surface area (Å²) in [6, 6.07) is 2.18. The topological polar surface area (TPSA) is 73.9 Å². The van der Waals surface area contributed by atoms with Crippen LogP contribution in [0.5, 0.6) is 0 Å². The normalized spacial score (nSPS) is 13.2. The number of carboxylic acids is 1. The van der Waals surface area contributed by atoms with Gasteiger partial charge >= 0.3 is 5.97 Å². The minimum absolute atomic E-state index is 0.0641. The number of hydrogen-bond donors (Lipinski definition) is 2. The molecule has 18 heavy (non-hydrogen) atoms. The highest BCUT2D eigenvalue weighted by atomic mass is 19.3. The number of alkyl halides is 2. The number of carboxylic acid groups (broad SMARTS) is 1. The molecule has 0 fully saturated rings. The fourth-order valence-corrected chi connectivity index (χ4v) is 1.62. The fraction of sp³-hybridized carbons (Fsp3) is 0.545. The maximum atomic E-state index is 12.4. The molecular weight excluding hydrogens is 248 g/mol. The van der Waals surface area contributed by atoms with Crippen LogP contribution in [0.3, 0.4) is 0 Å². The second-order valence-electron chi connectivity index (χ2n) is 3.79. The molecule has 5 nitrogen and oxygen atoms in total. The average molecular weight is 263 g/mol. The van der Waals surface area contributed by atoms with E-state index in [0.29, 0.717) is 0 Å². The van der Waals surface area contributed by atoms with Crippen LogP contribution in [0, 0.1) is 0 Å². The molecule has 1 unspecified atom stereocenters. The maximum absolute atomic E-state index is 12.4. The van der Waals surface area contributed by atoms with Gasteiger partial charge in [0, 0.05) is 6.54 Å². The zero-order valence-electron chi connectivity index (χ0n) is 9.84. The van der Waals surface area contributed by atoms with Gasteiger partial charge in [-0.2, -0.15) is 0 Å². The van der Waals surface area contributed by atoms with Crippen LogP contribution < -0.4 is 0 Å². The fourth-order valence-electron chi connectivity index (χ4n) is 1.62. The van der Waals surface area contributed by atoms with Crippen LogP contribution in [0.1, 0.15) is 29.3 Å². The SMILES string of the molecule is CC(c1ccc(C(=O)O)o1)N(CCO)CC(F)F. The average Bonchev–Trinajstić information content (AvgIpc) is 2.76. The van der Waals surface area contributed by atoms with Crippen molar-refractivity contribution in [1.82, 2.24) is 4.90 Å².